The lowest BCUT2D eigenvalue weighted by Gasteiger charge is -2.37. The summed E-state index contributed by atoms with van der Waals surface area (Å²) in [5.74, 6) is 0.145. The van der Waals surface area contributed by atoms with Gasteiger partial charge in [-0.15, -0.1) is 0 Å². The van der Waals surface area contributed by atoms with Crippen LogP contribution in [0.5, 0.6) is 5.75 Å². The molecule has 0 bridgehead atoms. The molecule has 1 aliphatic heterocycles. The molecule has 0 radical (unpaired) electrons. The van der Waals surface area contributed by atoms with Crippen LogP contribution >= 0.6 is 0 Å². The van der Waals surface area contributed by atoms with Crippen molar-refractivity contribution in [1.29, 1.82) is 0 Å². The molecule has 0 saturated heterocycles. The van der Waals surface area contributed by atoms with Crippen LogP contribution in [0.4, 0.5) is 0 Å². The molecule has 1 heterocycles. The van der Waals surface area contributed by atoms with Gasteiger partial charge in [-0.25, -0.2) is 8.42 Å². The molecule has 3 rings (SSSR count). The number of nitrogens with zero attached hydrogens (tertiary/aromatic N) is 2. The number of hydrogen-bond donors (Lipinski definition) is 1. The van der Waals surface area contributed by atoms with Gasteiger partial charge < -0.3 is 14.7 Å². The van der Waals surface area contributed by atoms with E-state index in [1.54, 1.807) is 24.9 Å². The highest BCUT2D eigenvalue weighted by atomic mass is 32.2. The van der Waals surface area contributed by atoms with E-state index >= 15 is 0 Å². The molecule has 3 atom stereocenters. The first-order valence-corrected chi connectivity index (χ1v) is 13.0. The van der Waals surface area contributed by atoms with Gasteiger partial charge in [0.05, 0.1) is 13.2 Å². The smallest absolute Gasteiger partial charge is 0.247 e. The first-order valence-electron chi connectivity index (χ1n) is 11.6. The number of fused-ring (bicyclic) bond motifs is 1. The van der Waals surface area contributed by atoms with Crippen molar-refractivity contribution in [3.8, 4) is 5.75 Å². The third-order valence-corrected chi connectivity index (χ3v) is 8.53. The van der Waals surface area contributed by atoms with Crippen LogP contribution in [0, 0.1) is 5.92 Å². The molecular formula is C24H36N2O5S. The van der Waals surface area contributed by atoms with Crippen LogP contribution in [0.1, 0.15) is 58.4 Å². The lowest BCUT2D eigenvalue weighted by Crippen LogP contribution is -2.50. The Morgan fingerprint density at radius 3 is 2.72 bits per heavy atom. The van der Waals surface area contributed by atoms with Crippen molar-refractivity contribution in [2.24, 2.45) is 5.92 Å². The Morgan fingerprint density at radius 1 is 1.34 bits per heavy atom. The SMILES string of the molecule is CCC(=O)N(C)C[C@@H]1Oc2cc(C3=CCCCC3)ccc2S(=O)(=O)N([C@H](C)CO)C[C@H]1C. The van der Waals surface area contributed by atoms with Crippen molar-refractivity contribution in [3.63, 3.8) is 0 Å². The quantitative estimate of drug-likeness (QED) is 0.698. The van der Waals surface area contributed by atoms with Gasteiger partial charge in [-0.1, -0.05) is 26.0 Å². The number of amides is 1. The summed E-state index contributed by atoms with van der Waals surface area (Å²) < 4.78 is 34.8. The van der Waals surface area contributed by atoms with Crippen molar-refractivity contribution < 1.29 is 23.1 Å². The normalized spacial score (nSPS) is 24.3. The molecule has 0 aromatic heterocycles. The Hall–Kier alpha value is -1.90. The molecule has 2 aliphatic rings. The Labute approximate surface area is 192 Å². The van der Waals surface area contributed by atoms with Crippen molar-refractivity contribution in [2.75, 3.05) is 26.7 Å². The molecule has 1 aromatic carbocycles. The molecular weight excluding hydrogens is 428 g/mol. The number of carbonyl (C=O) groups is 1. The van der Waals surface area contributed by atoms with E-state index in [1.165, 1.54) is 16.3 Å². The highest BCUT2D eigenvalue weighted by Crippen LogP contribution is 2.37. The maximum absolute atomic E-state index is 13.5. The first-order chi connectivity index (χ1) is 15.2. The van der Waals surface area contributed by atoms with Gasteiger partial charge in [0.2, 0.25) is 15.9 Å². The minimum Gasteiger partial charge on any atom is -0.487 e. The van der Waals surface area contributed by atoms with Gasteiger partial charge in [-0.05, 0) is 55.9 Å². The second-order valence-electron chi connectivity index (χ2n) is 9.00. The van der Waals surface area contributed by atoms with Gasteiger partial charge in [0.25, 0.3) is 0 Å². The van der Waals surface area contributed by atoms with Crippen LogP contribution in [-0.4, -0.2) is 67.5 Å². The maximum atomic E-state index is 13.5. The Bertz CT molecular complexity index is 959. The number of benzene rings is 1. The summed E-state index contributed by atoms with van der Waals surface area (Å²) in [6, 6.07) is 4.74. The molecule has 1 N–H and O–H groups in total. The molecule has 0 spiro atoms. The number of sulfonamides is 1. The molecule has 32 heavy (non-hydrogen) atoms. The van der Waals surface area contributed by atoms with Crippen molar-refractivity contribution >= 4 is 21.5 Å². The van der Waals surface area contributed by atoms with Crippen LogP contribution < -0.4 is 4.74 Å². The van der Waals surface area contributed by atoms with Gasteiger partial charge in [-0.2, -0.15) is 4.31 Å². The third-order valence-electron chi connectivity index (χ3n) is 6.51. The second kappa shape index (κ2) is 10.4. The zero-order valence-corrected chi connectivity index (χ0v) is 20.4. The minimum atomic E-state index is -3.86. The molecule has 0 unspecified atom stereocenters. The lowest BCUT2D eigenvalue weighted by molar-refractivity contribution is -0.131. The van der Waals surface area contributed by atoms with E-state index in [2.05, 4.69) is 6.08 Å². The number of hydrogen-bond acceptors (Lipinski definition) is 5. The number of ether oxygens (including phenoxy) is 1. The van der Waals surface area contributed by atoms with Gasteiger partial charge >= 0.3 is 0 Å². The highest BCUT2D eigenvalue weighted by Gasteiger charge is 2.38. The largest absolute Gasteiger partial charge is 0.487 e. The molecule has 7 nitrogen and oxygen atoms in total. The number of likely N-dealkylation sites (N-methyl/N-ethyl adjacent to an activating group) is 1. The molecule has 1 aliphatic carbocycles. The average Bonchev–Trinajstić information content (AvgIpc) is 2.80. The predicted molar refractivity (Wildman–Crippen MR) is 125 cm³/mol. The fourth-order valence-corrected chi connectivity index (χ4v) is 6.21. The Morgan fingerprint density at radius 2 is 2.09 bits per heavy atom. The third kappa shape index (κ3) is 5.18. The van der Waals surface area contributed by atoms with E-state index in [4.69, 9.17) is 4.74 Å². The fraction of sp³-hybridized carbons (Fsp3) is 0.625. The van der Waals surface area contributed by atoms with Crippen molar-refractivity contribution in [3.05, 3.63) is 29.8 Å². The average molecular weight is 465 g/mol. The molecule has 0 saturated carbocycles. The van der Waals surface area contributed by atoms with Gasteiger partial charge in [-0.3, -0.25) is 4.79 Å². The second-order valence-corrected chi connectivity index (χ2v) is 10.9. The van der Waals surface area contributed by atoms with Crippen LogP contribution in [-0.2, 0) is 14.8 Å². The molecule has 8 heteroatoms. The van der Waals surface area contributed by atoms with E-state index in [9.17, 15) is 18.3 Å². The lowest BCUT2D eigenvalue weighted by atomic mass is 9.93. The number of carbonyl (C=O) groups excluding carboxylic acids is 1. The van der Waals surface area contributed by atoms with Crippen molar-refractivity contribution in [2.45, 2.75) is 69.9 Å². The number of rotatable bonds is 6. The summed E-state index contributed by atoms with van der Waals surface area (Å²) in [6.07, 6.45) is 6.52. The molecule has 1 aromatic rings. The van der Waals surface area contributed by atoms with Crippen LogP contribution in [0.15, 0.2) is 29.2 Å². The summed E-state index contributed by atoms with van der Waals surface area (Å²) >= 11 is 0. The predicted octanol–water partition coefficient (Wildman–Crippen LogP) is 3.28. The fourth-order valence-electron chi connectivity index (χ4n) is 4.39. The number of aliphatic hydroxyl groups is 1. The van der Waals surface area contributed by atoms with Gasteiger partial charge in [0, 0.05) is 32.0 Å². The topological polar surface area (TPSA) is 87.2 Å². The van der Waals surface area contributed by atoms with Crippen LogP contribution in [0.25, 0.3) is 5.57 Å². The van der Waals surface area contributed by atoms with Gasteiger partial charge in [0.1, 0.15) is 16.7 Å². The standard InChI is InChI=1S/C24H36N2O5S/c1-5-24(28)25(4)15-22-17(2)14-26(18(3)16-27)32(29,30)23-12-11-20(13-21(23)31-22)19-9-7-6-8-10-19/h9,11-13,17-18,22,27H,5-8,10,14-16H2,1-4H3/t17-,18-,22+/m1/s1. The zero-order chi connectivity index (χ0) is 23.5. The van der Waals surface area contributed by atoms with Crippen LogP contribution in [0.3, 0.4) is 0 Å². The molecule has 0 fully saturated rings. The summed E-state index contributed by atoms with van der Waals surface area (Å²) in [7, 11) is -2.11. The summed E-state index contributed by atoms with van der Waals surface area (Å²) in [4.78, 5) is 14.0. The van der Waals surface area contributed by atoms with E-state index in [0.29, 0.717) is 18.7 Å². The van der Waals surface area contributed by atoms with Crippen molar-refractivity contribution in [1.82, 2.24) is 9.21 Å². The van der Waals surface area contributed by atoms with Gasteiger partial charge in [0.15, 0.2) is 0 Å². The monoisotopic (exact) mass is 464 g/mol. The first kappa shape index (κ1) is 24.7. The minimum absolute atomic E-state index is 0.0115. The molecule has 1 amide bonds. The zero-order valence-electron chi connectivity index (χ0n) is 19.6. The van der Waals surface area contributed by atoms with Crippen LogP contribution in [0.2, 0.25) is 0 Å². The maximum Gasteiger partial charge on any atom is 0.247 e. The number of aliphatic hydroxyl groups excluding tert-OH is 1. The van der Waals surface area contributed by atoms with E-state index in [-0.39, 0.29) is 36.0 Å². The highest BCUT2D eigenvalue weighted by molar-refractivity contribution is 7.89. The summed E-state index contributed by atoms with van der Waals surface area (Å²) in [5, 5.41) is 9.75. The summed E-state index contributed by atoms with van der Waals surface area (Å²) in [6.45, 7) is 5.75. The Kier molecular flexibility index (Phi) is 8.01. The van der Waals surface area contributed by atoms with E-state index < -0.39 is 16.1 Å². The Balaban J connectivity index is 2.07. The molecule has 178 valence electrons. The van der Waals surface area contributed by atoms with E-state index in [1.807, 2.05) is 26.0 Å². The summed E-state index contributed by atoms with van der Waals surface area (Å²) in [5.41, 5.74) is 2.19. The number of allylic oxidation sites excluding steroid dienone is 2. The van der Waals surface area contributed by atoms with E-state index in [0.717, 1.165) is 24.8 Å².